The van der Waals surface area contributed by atoms with Gasteiger partial charge in [0.2, 0.25) is 0 Å². The third kappa shape index (κ3) is 5.99. The van der Waals surface area contributed by atoms with E-state index in [-0.39, 0.29) is 6.61 Å². The Balaban J connectivity index is 3.76. The molecule has 4 nitrogen and oxygen atoms in total. The predicted octanol–water partition coefficient (Wildman–Crippen LogP) is 1.13. The largest absolute Gasteiger partial charge is 0.373 e. The van der Waals surface area contributed by atoms with Gasteiger partial charge >= 0.3 is 5.97 Å². The van der Waals surface area contributed by atoms with E-state index >= 15 is 0 Å². The Kier molecular flexibility index (Phi) is 7.17. The first-order valence-electron chi connectivity index (χ1n) is 4.76. The highest BCUT2D eigenvalue weighted by atomic mass is 16.8. The van der Waals surface area contributed by atoms with Crippen LogP contribution in [0.4, 0.5) is 0 Å². The normalized spacial score (nSPS) is 12.0. The molecule has 4 heteroatoms. The summed E-state index contributed by atoms with van der Waals surface area (Å²) in [6.07, 6.45) is 0.911. The SMILES string of the molecule is CCCOCC(O)(OCC)OCC. The molecule has 0 aromatic carbocycles. The molecule has 0 aromatic heterocycles. The zero-order valence-electron chi connectivity index (χ0n) is 8.71. The summed E-state index contributed by atoms with van der Waals surface area (Å²) in [5, 5.41) is 9.67. The quantitative estimate of drug-likeness (QED) is 0.462. The maximum atomic E-state index is 9.67. The van der Waals surface area contributed by atoms with Crippen molar-refractivity contribution in [2.24, 2.45) is 0 Å². The van der Waals surface area contributed by atoms with Gasteiger partial charge in [-0.1, -0.05) is 6.92 Å². The molecule has 0 spiro atoms. The van der Waals surface area contributed by atoms with E-state index in [9.17, 15) is 5.11 Å². The van der Waals surface area contributed by atoms with Crippen LogP contribution in [0.5, 0.6) is 0 Å². The van der Waals surface area contributed by atoms with Crippen LogP contribution in [-0.2, 0) is 14.2 Å². The lowest BCUT2D eigenvalue weighted by Gasteiger charge is -2.26. The molecule has 0 bridgehead atoms. The molecular weight excluding hydrogens is 172 g/mol. The molecule has 0 aliphatic carbocycles. The number of hydrogen-bond donors (Lipinski definition) is 1. The summed E-state index contributed by atoms with van der Waals surface area (Å²) in [7, 11) is 0. The minimum Gasteiger partial charge on any atom is -0.373 e. The lowest BCUT2D eigenvalue weighted by Crippen LogP contribution is -2.41. The summed E-state index contributed by atoms with van der Waals surface area (Å²) in [6, 6.07) is 0. The molecule has 80 valence electrons. The van der Waals surface area contributed by atoms with E-state index < -0.39 is 5.97 Å². The summed E-state index contributed by atoms with van der Waals surface area (Å²) in [4.78, 5) is 0. The zero-order valence-corrected chi connectivity index (χ0v) is 8.71. The smallest absolute Gasteiger partial charge is 0.305 e. The van der Waals surface area contributed by atoms with Gasteiger partial charge in [-0.25, -0.2) is 0 Å². The van der Waals surface area contributed by atoms with Crippen LogP contribution in [0.25, 0.3) is 0 Å². The second kappa shape index (κ2) is 7.26. The summed E-state index contributed by atoms with van der Waals surface area (Å²) in [5.74, 6) is -1.57. The molecule has 0 saturated carbocycles. The van der Waals surface area contributed by atoms with Crippen molar-refractivity contribution in [2.45, 2.75) is 33.2 Å². The first-order chi connectivity index (χ1) is 6.18. The van der Waals surface area contributed by atoms with Gasteiger partial charge in [-0.2, -0.15) is 0 Å². The van der Waals surface area contributed by atoms with Crippen molar-refractivity contribution in [3.63, 3.8) is 0 Å². The van der Waals surface area contributed by atoms with Crippen LogP contribution < -0.4 is 0 Å². The molecule has 0 heterocycles. The fourth-order valence-corrected chi connectivity index (χ4v) is 0.922. The van der Waals surface area contributed by atoms with Gasteiger partial charge in [-0.05, 0) is 20.3 Å². The minimum absolute atomic E-state index is 0.0581. The van der Waals surface area contributed by atoms with Crippen molar-refractivity contribution in [1.82, 2.24) is 0 Å². The summed E-state index contributed by atoms with van der Waals surface area (Å²) < 4.78 is 15.2. The molecule has 0 atom stereocenters. The molecular formula is C9H20O4. The second-order valence-corrected chi connectivity index (χ2v) is 2.63. The highest BCUT2D eigenvalue weighted by molar-refractivity contribution is 4.51. The predicted molar refractivity (Wildman–Crippen MR) is 49.3 cm³/mol. The molecule has 1 N–H and O–H groups in total. The standard InChI is InChI=1S/C9H20O4/c1-4-7-11-8-9(10,12-5-2)13-6-3/h10H,4-8H2,1-3H3. The van der Waals surface area contributed by atoms with Gasteiger partial charge in [0.15, 0.2) is 0 Å². The van der Waals surface area contributed by atoms with Gasteiger partial charge in [0, 0.05) is 19.8 Å². The first kappa shape index (κ1) is 12.8. The highest BCUT2D eigenvalue weighted by Crippen LogP contribution is 2.09. The lowest BCUT2D eigenvalue weighted by molar-refractivity contribution is -0.373. The number of hydrogen-bond acceptors (Lipinski definition) is 4. The van der Waals surface area contributed by atoms with Crippen LogP contribution in [0, 0.1) is 0 Å². The van der Waals surface area contributed by atoms with Crippen molar-refractivity contribution in [2.75, 3.05) is 26.4 Å². The third-order valence-corrected chi connectivity index (χ3v) is 1.37. The van der Waals surface area contributed by atoms with Crippen LogP contribution in [0.1, 0.15) is 27.2 Å². The number of rotatable bonds is 8. The molecule has 0 amide bonds. The van der Waals surface area contributed by atoms with Gasteiger partial charge < -0.3 is 19.3 Å². The summed E-state index contributed by atoms with van der Waals surface area (Å²) >= 11 is 0. The molecule has 0 aliphatic heterocycles. The average Bonchev–Trinajstić information content (AvgIpc) is 2.05. The van der Waals surface area contributed by atoms with Crippen molar-refractivity contribution < 1.29 is 19.3 Å². The Bertz CT molecular complexity index is 110. The van der Waals surface area contributed by atoms with E-state index in [1.807, 2.05) is 6.92 Å². The van der Waals surface area contributed by atoms with Gasteiger partial charge in [-0.3, -0.25) is 0 Å². The maximum Gasteiger partial charge on any atom is 0.305 e. The van der Waals surface area contributed by atoms with Gasteiger partial charge in [0.05, 0.1) is 0 Å². The fraction of sp³-hybridized carbons (Fsp3) is 1.00. The fourth-order valence-electron chi connectivity index (χ4n) is 0.922. The molecule has 0 unspecified atom stereocenters. The van der Waals surface area contributed by atoms with E-state index in [0.29, 0.717) is 19.8 Å². The van der Waals surface area contributed by atoms with Crippen LogP contribution in [0.2, 0.25) is 0 Å². The van der Waals surface area contributed by atoms with Crippen LogP contribution in [0.15, 0.2) is 0 Å². The zero-order chi connectivity index (χ0) is 10.2. The molecule has 0 fully saturated rings. The maximum absolute atomic E-state index is 9.67. The van der Waals surface area contributed by atoms with E-state index in [1.165, 1.54) is 0 Å². The molecule has 0 rings (SSSR count). The molecule has 0 saturated heterocycles. The topological polar surface area (TPSA) is 47.9 Å². The molecule has 13 heavy (non-hydrogen) atoms. The lowest BCUT2D eigenvalue weighted by atomic mass is 10.5. The van der Waals surface area contributed by atoms with Crippen LogP contribution in [0.3, 0.4) is 0 Å². The van der Waals surface area contributed by atoms with Crippen molar-refractivity contribution in [3.05, 3.63) is 0 Å². The van der Waals surface area contributed by atoms with Crippen molar-refractivity contribution in [1.29, 1.82) is 0 Å². The van der Waals surface area contributed by atoms with Gasteiger partial charge in [0.25, 0.3) is 0 Å². The van der Waals surface area contributed by atoms with Crippen molar-refractivity contribution in [3.8, 4) is 0 Å². The third-order valence-electron chi connectivity index (χ3n) is 1.37. The molecule has 0 aliphatic rings. The minimum atomic E-state index is -1.57. The van der Waals surface area contributed by atoms with E-state index in [1.54, 1.807) is 13.8 Å². The average molecular weight is 192 g/mol. The monoisotopic (exact) mass is 192 g/mol. The summed E-state index contributed by atoms with van der Waals surface area (Å²) in [5.41, 5.74) is 0. The van der Waals surface area contributed by atoms with E-state index in [4.69, 9.17) is 14.2 Å². The molecule has 0 aromatic rings. The van der Waals surface area contributed by atoms with Crippen molar-refractivity contribution >= 4 is 0 Å². The van der Waals surface area contributed by atoms with E-state index in [2.05, 4.69) is 0 Å². The van der Waals surface area contributed by atoms with Crippen LogP contribution in [-0.4, -0.2) is 37.5 Å². The summed E-state index contributed by atoms with van der Waals surface area (Å²) in [6.45, 7) is 7.04. The Labute approximate surface area is 79.8 Å². The Morgan fingerprint density at radius 2 is 1.62 bits per heavy atom. The number of ether oxygens (including phenoxy) is 3. The second-order valence-electron chi connectivity index (χ2n) is 2.63. The van der Waals surface area contributed by atoms with E-state index in [0.717, 1.165) is 6.42 Å². The van der Waals surface area contributed by atoms with Gasteiger partial charge in [0.1, 0.15) is 6.61 Å². The Morgan fingerprint density at radius 1 is 1.08 bits per heavy atom. The Hall–Kier alpha value is -0.160. The highest BCUT2D eigenvalue weighted by Gasteiger charge is 2.28. The first-order valence-corrected chi connectivity index (χ1v) is 4.76. The Morgan fingerprint density at radius 3 is 2.00 bits per heavy atom. The molecule has 0 radical (unpaired) electrons. The van der Waals surface area contributed by atoms with Gasteiger partial charge in [-0.15, -0.1) is 0 Å². The van der Waals surface area contributed by atoms with Crippen LogP contribution >= 0.6 is 0 Å². The number of aliphatic hydroxyl groups is 1.